The lowest BCUT2D eigenvalue weighted by atomic mass is 10.1. The fourth-order valence-corrected chi connectivity index (χ4v) is 1.63. The summed E-state index contributed by atoms with van der Waals surface area (Å²) in [6.45, 7) is 1.94. The van der Waals surface area contributed by atoms with Crippen LogP contribution in [0.2, 0.25) is 0 Å². The number of ketones is 1. The zero-order valence-electron chi connectivity index (χ0n) is 10.3. The third-order valence-corrected chi connectivity index (χ3v) is 2.50. The number of furan rings is 1. The van der Waals surface area contributed by atoms with Crippen LogP contribution in [-0.2, 0) is 6.42 Å². The second kappa shape index (κ2) is 5.43. The van der Waals surface area contributed by atoms with Crippen molar-refractivity contribution in [3.63, 3.8) is 0 Å². The average Bonchev–Trinajstić information content (AvgIpc) is 2.92. The van der Waals surface area contributed by atoms with Gasteiger partial charge >= 0.3 is 5.97 Å². The molecule has 0 saturated carbocycles. The Balaban J connectivity index is 2.45. The van der Waals surface area contributed by atoms with Crippen LogP contribution >= 0.6 is 0 Å². The molecule has 0 fully saturated rings. The van der Waals surface area contributed by atoms with Crippen LogP contribution in [0.5, 0.6) is 0 Å². The Bertz CT molecular complexity index is 605. The second-order valence-corrected chi connectivity index (χ2v) is 3.91. The van der Waals surface area contributed by atoms with Gasteiger partial charge in [-0.15, -0.1) is 0 Å². The largest absolute Gasteiger partial charge is 0.476 e. The number of carboxylic acids is 1. The molecule has 6 heteroatoms. The third-order valence-electron chi connectivity index (χ3n) is 2.50. The van der Waals surface area contributed by atoms with E-state index in [2.05, 4.69) is 9.97 Å². The minimum Gasteiger partial charge on any atom is -0.476 e. The van der Waals surface area contributed by atoms with Gasteiger partial charge in [-0.2, -0.15) is 0 Å². The van der Waals surface area contributed by atoms with Crippen molar-refractivity contribution in [2.24, 2.45) is 0 Å². The molecular weight excluding hydrogens is 248 g/mol. The topological polar surface area (TPSA) is 93.3 Å². The highest BCUT2D eigenvalue weighted by atomic mass is 16.4. The van der Waals surface area contributed by atoms with Crippen LogP contribution < -0.4 is 0 Å². The van der Waals surface area contributed by atoms with E-state index in [9.17, 15) is 9.59 Å². The first-order valence-corrected chi connectivity index (χ1v) is 5.81. The van der Waals surface area contributed by atoms with Crippen LogP contribution in [0.25, 0.3) is 0 Å². The van der Waals surface area contributed by atoms with E-state index in [4.69, 9.17) is 9.52 Å². The van der Waals surface area contributed by atoms with E-state index >= 15 is 0 Å². The highest BCUT2D eigenvalue weighted by Crippen LogP contribution is 2.14. The van der Waals surface area contributed by atoms with Crippen molar-refractivity contribution < 1.29 is 19.1 Å². The first-order valence-electron chi connectivity index (χ1n) is 5.81. The monoisotopic (exact) mass is 260 g/mol. The van der Waals surface area contributed by atoms with Gasteiger partial charge in [0.2, 0.25) is 5.78 Å². The first kappa shape index (κ1) is 12.9. The molecule has 19 heavy (non-hydrogen) atoms. The maximum Gasteiger partial charge on any atom is 0.355 e. The molecule has 0 unspecified atom stereocenters. The van der Waals surface area contributed by atoms with Gasteiger partial charge in [0.25, 0.3) is 0 Å². The molecule has 2 aromatic heterocycles. The van der Waals surface area contributed by atoms with Crippen LogP contribution in [0, 0.1) is 0 Å². The van der Waals surface area contributed by atoms with Crippen LogP contribution in [0.1, 0.15) is 45.8 Å². The zero-order valence-corrected chi connectivity index (χ0v) is 10.3. The van der Waals surface area contributed by atoms with E-state index in [1.54, 1.807) is 6.07 Å². The Kier molecular flexibility index (Phi) is 3.70. The number of hydrogen-bond donors (Lipinski definition) is 1. The van der Waals surface area contributed by atoms with Crippen molar-refractivity contribution in [1.29, 1.82) is 0 Å². The molecule has 0 spiro atoms. The summed E-state index contributed by atoms with van der Waals surface area (Å²) in [7, 11) is 0. The van der Waals surface area contributed by atoms with Crippen molar-refractivity contribution in [2.75, 3.05) is 0 Å². The minimum atomic E-state index is -1.25. The molecule has 0 atom stereocenters. The van der Waals surface area contributed by atoms with Gasteiger partial charge in [-0.3, -0.25) is 4.79 Å². The zero-order chi connectivity index (χ0) is 13.8. The number of aryl methyl sites for hydroxylation is 1. The van der Waals surface area contributed by atoms with Gasteiger partial charge in [0, 0.05) is 12.6 Å². The number of carboxylic acid groups (broad SMARTS) is 1. The van der Waals surface area contributed by atoms with E-state index in [1.165, 1.54) is 18.5 Å². The number of aromatic carboxylic acids is 1. The molecular formula is C13H12N2O4. The van der Waals surface area contributed by atoms with E-state index in [-0.39, 0.29) is 17.0 Å². The van der Waals surface area contributed by atoms with Crippen molar-refractivity contribution in [1.82, 2.24) is 9.97 Å². The van der Waals surface area contributed by atoms with E-state index in [0.717, 1.165) is 6.42 Å². The van der Waals surface area contributed by atoms with Crippen LogP contribution in [0.3, 0.4) is 0 Å². The molecule has 98 valence electrons. The summed E-state index contributed by atoms with van der Waals surface area (Å²) >= 11 is 0. The maximum atomic E-state index is 12.1. The molecule has 0 aliphatic rings. The fourth-order valence-electron chi connectivity index (χ4n) is 1.63. The van der Waals surface area contributed by atoms with Gasteiger partial charge < -0.3 is 9.52 Å². The van der Waals surface area contributed by atoms with Gasteiger partial charge in [0.1, 0.15) is 5.82 Å². The van der Waals surface area contributed by atoms with Gasteiger partial charge in [0.05, 0.1) is 11.8 Å². The third kappa shape index (κ3) is 2.67. The number of carbonyl (C=O) groups is 2. The van der Waals surface area contributed by atoms with Crippen LogP contribution in [0.15, 0.2) is 29.0 Å². The Morgan fingerprint density at radius 3 is 2.79 bits per heavy atom. The highest BCUT2D eigenvalue weighted by molar-refractivity contribution is 6.11. The van der Waals surface area contributed by atoms with Crippen LogP contribution in [0.4, 0.5) is 0 Å². The second-order valence-electron chi connectivity index (χ2n) is 3.91. The summed E-state index contributed by atoms with van der Waals surface area (Å²) in [5.74, 6) is -1.31. The summed E-state index contributed by atoms with van der Waals surface area (Å²) < 4.78 is 4.96. The minimum absolute atomic E-state index is 0.0642. The lowest BCUT2D eigenvalue weighted by Crippen LogP contribution is -2.14. The molecule has 2 heterocycles. The first-order chi connectivity index (χ1) is 9.13. The summed E-state index contributed by atoms with van der Waals surface area (Å²) in [6.07, 6.45) is 3.95. The Morgan fingerprint density at radius 1 is 1.42 bits per heavy atom. The van der Waals surface area contributed by atoms with Gasteiger partial charge in [-0.1, -0.05) is 6.92 Å². The lowest BCUT2D eigenvalue weighted by Gasteiger charge is -2.04. The Labute approximate surface area is 109 Å². The SMILES string of the molecule is CCCc1ncc(C(=O)c2ccco2)c(C(=O)O)n1. The molecule has 0 saturated heterocycles. The van der Waals surface area contributed by atoms with E-state index < -0.39 is 11.8 Å². The van der Waals surface area contributed by atoms with Crippen LogP contribution in [-0.4, -0.2) is 26.8 Å². The summed E-state index contributed by atoms with van der Waals surface area (Å²) in [6, 6.07) is 3.02. The molecule has 0 bridgehead atoms. The number of aromatic nitrogens is 2. The number of carbonyl (C=O) groups excluding carboxylic acids is 1. The van der Waals surface area contributed by atoms with Crippen molar-refractivity contribution in [2.45, 2.75) is 19.8 Å². The molecule has 0 radical (unpaired) electrons. The molecule has 0 amide bonds. The van der Waals surface area contributed by atoms with Crippen molar-refractivity contribution >= 4 is 11.8 Å². The predicted molar refractivity (Wildman–Crippen MR) is 65.1 cm³/mol. The smallest absolute Gasteiger partial charge is 0.355 e. The number of nitrogens with zero attached hydrogens (tertiary/aromatic N) is 2. The molecule has 2 rings (SSSR count). The van der Waals surface area contributed by atoms with Crippen molar-refractivity contribution in [3.8, 4) is 0 Å². The molecule has 2 aromatic rings. The highest BCUT2D eigenvalue weighted by Gasteiger charge is 2.22. The Morgan fingerprint density at radius 2 is 2.21 bits per heavy atom. The van der Waals surface area contributed by atoms with Crippen molar-refractivity contribution in [3.05, 3.63) is 47.4 Å². The normalized spacial score (nSPS) is 10.4. The fraction of sp³-hybridized carbons (Fsp3) is 0.231. The Hall–Kier alpha value is -2.50. The number of rotatable bonds is 5. The van der Waals surface area contributed by atoms with E-state index in [1.807, 2.05) is 6.92 Å². The quantitative estimate of drug-likeness (QED) is 0.826. The standard InChI is InChI=1S/C13H12N2O4/c1-2-4-10-14-7-8(11(15-10)13(17)18)12(16)9-5-3-6-19-9/h3,5-7H,2,4H2,1H3,(H,17,18). The predicted octanol–water partition coefficient (Wildman–Crippen LogP) is 1.95. The lowest BCUT2D eigenvalue weighted by molar-refractivity contribution is 0.0685. The molecule has 0 aliphatic carbocycles. The summed E-state index contributed by atoms with van der Waals surface area (Å²) in [5, 5.41) is 9.13. The molecule has 1 N–H and O–H groups in total. The molecule has 0 aliphatic heterocycles. The number of hydrogen-bond acceptors (Lipinski definition) is 5. The summed E-state index contributed by atoms with van der Waals surface area (Å²) in [4.78, 5) is 31.2. The van der Waals surface area contributed by atoms with E-state index in [0.29, 0.717) is 12.2 Å². The van der Waals surface area contributed by atoms with Gasteiger partial charge in [0.15, 0.2) is 11.5 Å². The van der Waals surface area contributed by atoms with Gasteiger partial charge in [-0.05, 0) is 18.6 Å². The molecule has 0 aromatic carbocycles. The molecule has 6 nitrogen and oxygen atoms in total. The summed E-state index contributed by atoms with van der Waals surface area (Å²) in [5.41, 5.74) is -0.359. The maximum absolute atomic E-state index is 12.1. The average molecular weight is 260 g/mol. The van der Waals surface area contributed by atoms with Gasteiger partial charge in [-0.25, -0.2) is 14.8 Å².